The van der Waals surface area contributed by atoms with Gasteiger partial charge in [-0.25, -0.2) is 4.79 Å². The zero-order valence-corrected chi connectivity index (χ0v) is 11.3. The number of carboxylic acid groups (broad SMARTS) is 1. The maximum atomic E-state index is 12.1. The summed E-state index contributed by atoms with van der Waals surface area (Å²) in [6.45, 7) is 0. The van der Waals surface area contributed by atoms with Gasteiger partial charge in [-0.05, 0) is 24.3 Å². The van der Waals surface area contributed by atoms with Crippen LogP contribution in [0.4, 0.5) is 5.69 Å². The summed E-state index contributed by atoms with van der Waals surface area (Å²) in [6.07, 6.45) is 0. The number of primary amides is 1. The van der Waals surface area contributed by atoms with Crippen LogP contribution in [0.5, 0.6) is 0 Å². The standard InChI is InChI=1S/C12H10N2O6S/c13-11(15)7-3-1-2-4-8(7)14-21(18,19)10-6-5-9(20-10)12(16)17/h1-6,14H,(H2,13,15)(H,16,17). The Balaban J connectivity index is 2.37. The summed E-state index contributed by atoms with van der Waals surface area (Å²) in [5.74, 6) is -2.72. The number of furan rings is 1. The van der Waals surface area contributed by atoms with Crippen molar-refractivity contribution in [3.63, 3.8) is 0 Å². The number of aromatic carboxylic acids is 1. The van der Waals surface area contributed by atoms with Gasteiger partial charge >= 0.3 is 5.97 Å². The molecular formula is C12H10N2O6S. The first kappa shape index (κ1) is 14.6. The maximum Gasteiger partial charge on any atom is 0.371 e. The van der Waals surface area contributed by atoms with E-state index >= 15 is 0 Å². The lowest BCUT2D eigenvalue weighted by molar-refractivity contribution is 0.0656. The molecular weight excluding hydrogens is 300 g/mol. The molecule has 0 radical (unpaired) electrons. The highest BCUT2D eigenvalue weighted by molar-refractivity contribution is 7.92. The fourth-order valence-corrected chi connectivity index (χ4v) is 2.58. The van der Waals surface area contributed by atoms with Gasteiger partial charge < -0.3 is 15.3 Å². The molecule has 2 rings (SSSR count). The molecule has 0 spiro atoms. The molecule has 0 aliphatic heterocycles. The van der Waals surface area contributed by atoms with E-state index in [0.717, 1.165) is 12.1 Å². The number of sulfonamides is 1. The van der Waals surface area contributed by atoms with Gasteiger partial charge in [-0.3, -0.25) is 9.52 Å². The highest BCUT2D eigenvalue weighted by Crippen LogP contribution is 2.21. The largest absolute Gasteiger partial charge is 0.475 e. The number of nitrogens with one attached hydrogen (secondary N) is 1. The summed E-state index contributed by atoms with van der Waals surface area (Å²) in [5.41, 5.74) is 5.09. The molecule has 0 saturated carbocycles. The van der Waals surface area contributed by atoms with Crippen LogP contribution in [0.1, 0.15) is 20.9 Å². The van der Waals surface area contributed by atoms with Crippen molar-refractivity contribution in [2.45, 2.75) is 5.09 Å². The molecule has 1 amide bonds. The lowest BCUT2D eigenvalue weighted by Gasteiger charge is -2.08. The van der Waals surface area contributed by atoms with Crippen molar-refractivity contribution in [2.75, 3.05) is 4.72 Å². The Labute approximate surface area is 119 Å². The van der Waals surface area contributed by atoms with E-state index in [-0.39, 0.29) is 11.3 Å². The van der Waals surface area contributed by atoms with Gasteiger partial charge in [0.1, 0.15) is 0 Å². The van der Waals surface area contributed by atoms with Crippen LogP contribution in [-0.2, 0) is 10.0 Å². The van der Waals surface area contributed by atoms with Crippen LogP contribution in [0.3, 0.4) is 0 Å². The molecule has 4 N–H and O–H groups in total. The number of nitrogens with two attached hydrogens (primary N) is 1. The first-order valence-electron chi connectivity index (χ1n) is 5.56. The molecule has 0 unspecified atom stereocenters. The van der Waals surface area contributed by atoms with Crippen molar-refractivity contribution >= 4 is 27.6 Å². The molecule has 9 heteroatoms. The number of amides is 1. The molecule has 0 atom stereocenters. The van der Waals surface area contributed by atoms with E-state index in [2.05, 4.69) is 4.72 Å². The van der Waals surface area contributed by atoms with E-state index in [0.29, 0.717) is 0 Å². The quantitative estimate of drug-likeness (QED) is 0.748. The Morgan fingerprint density at radius 1 is 1.14 bits per heavy atom. The molecule has 0 bridgehead atoms. The number of rotatable bonds is 5. The van der Waals surface area contributed by atoms with Crippen molar-refractivity contribution in [1.29, 1.82) is 0 Å². The smallest absolute Gasteiger partial charge is 0.371 e. The van der Waals surface area contributed by atoms with Crippen LogP contribution in [-0.4, -0.2) is 25.4 Å². The van der Waals surface area contributed by atoms with Gasteiger partial charge in [-0.2, -0.15) is 8.42 Å². The van der Waals surface area contributed by atoms with Crippen molar-refractivity contribution in [1.82, 2.24) is 0 Å². The van der Waals surface area contributed by atoms with Gasteiger partial charge in [-0.15, -0.1) is 0 Å². The van der Waals surface area contributed by atoms with Crippen molar-refractivity contribution in [3.05, 3.63) is 47.7 Å². The Kier molecular flexibility index (Phi) is 3.68. The van der Waals surface area contributed by atoms with Gasteiger partial charge in [0.15, 0.2) is 0 Å². The predicted octanol–water partition coefficient (Wildman–Crippen LogP) is 0.877. The van der Waals surface area contributed by atoms with Crippen LogP contribution < -0.4 is 10.5 Å². The number of para-hydroxylation sites is 1. The number of carbonyl (C=O) groups excluding carboxylic acids is 1. The van der Waals surface area contributed by atoms with E-state index in [1.165, 1.54) is 24.3 Å². The number of carboxylic acids is 1. The molecule has 0 saturated heterocycles. The SMILES string of the molecule is NC(=O)c1ccccc1NS(=O)(=O)c1ccc(C(=O)O)o1. The van der Waals surface area contributed by atoms with Gasteiger partial charge in [0.05, 0.1) is 11.3 Å². The van der Waals surface area contributed by atoms with Gasteiger partial charge in [0.2, 0.25) is 10.9 Å². The zero-order valence-electron chi connectivity index (χ0n) is 10.4. The lowest BCUT2D eigenvalue weighted by Crippen LogP contribution is -2.18. The topological polar surface area (TPSA) is 140 Å². The van der Waals surface area contributed by atoms with E-state index in [9.17, 15) is 18.0 Å². The first-order valence-corrected chi connectivity index (χ1v) is 7.04. The number of hydrogen-bond donors (Lipinski definition) is 3. The summed E-state index contributed by atoms with van der Waals surface area (Å²) < 4.78 is 31.0. The first-order chi connectivity index (χ1) is 9.81. The monoisotopic (exact) mass is 310 g/mol. The fraction of sp³-hybridized carbons (Fsp3) is 0. The molecule has 0 aliphatic rings. The third-order valence-electron chi connectivity index (χ3n) is 2.49. The number of anilines is 1. The normalized spacial score (nSPS) is 11.0. The molecule has 8 nitrogen and oxygen atoms in total. The maximum absolute atomic E-state index is 12.1. The van der Waals surface area contributed by atoms with E-state index in [1.54, 1.807) is 0 Å². The number of carbonyl (C=O) groups is 2. The second-order valence-electron chi connectivity index (χ2n) is 3.94. The highest BCUT2D eigenvalue weighted by atomic mass is 32.2. The Hall–Kier alpha value is -2.81. The molecule has 1 aromatic heterocycles. The summed E-state index contributed by atoms with van der Waals surface area (Å²) in [4.78, 5) is 21.9. The molecule has 2 aromatic rings. The zero-order chi connectivity index (χ0) is 15.6. The highest BCUT2D eigenvalue weighted by Gasteiger charge is 2.22. The Morgan fingerprint density at radius 3 is 2.38 bits per heavy atom. The Morgan fingerprint density at radius 2 is 1.81 bits per heavy atom. The molecule has 21 heavy (non-hydrogen) atoms. The van der Waals surface area contributed by atoms with Crippen LogP contribution in [0.2, 0.25) is 0 Å². The van der Waals surface area contributed by atoms with Crippen molar-refractivity contribution in [2.24, 2.45) is 5.73 Å². The molecule has 110 valence electrons. The predicted molar refractivity (Wildman–Crippen MR) is 71.4 cm³/mol. The molecule has 0 fully saturated rings. The van der Waals surface area contributed by atoms with Gasteiger partial charge in [-0.1, -0.05) is 12.1 Å². The van der Waals surface area contributed by atoms with Crippen LogP contribution >= 0.6 is 0 Å². The van der Waals surface area contributed by atoms with E-state index in [4.69, 9.17) is 15.3 Å². The lowest BCUT2D eigenvalue weighted by atomic mass is 10.2. The van der Waals surface area contributed by atoms with Crippen LogP contribution in [0.25, 0.3) is 0 Å². The minimum Gasteiger partial charge on any atom is -0.475 e. The summed E-state index contributed by atoms with van der Waals surface area (Å²) in [7, 11) is -4.17. The minimum atomic E-state index is -4.17. The summed E-state index contributed by atoms with van der Waals surface area (Å²) in [6, 6.07) is 7.74. The van der Waals surface area contributed by atoms with E-state index < -0.39 is 32.8 Å². The average Bonchev–Trinajstić information content (AvgIpc) is 2.89. The fourth-order valence-electron chi connectivity index (χ4n) is 1.56. The molecule has 1 aromatic carbocycles. The summed E-state index contributed by atoms with van der Waals surface area (Å²) in [5, 5.41) is 8.12. The van der Waals surface area contributed by atoms with Gasteiger partial charge in [0, 0.05) is 0 Å². The third-order valence-corrected chi connectivity index (χ3v) is 3.73. The molecule has 1 heterocycles. The average molecular weight is 310 g/mol. The second-order valence-corrected chi connectivity index (χ2v) is 5.55. The Bertz CT molecular complexity index is 809. The number of benzene rings is 1. The third kappa shape index (κ3) is 3.03. The van der Waals surface area contributed by atoms with Crippen molar-refractivity contribution < 1.29 is 27.5 Å². The second kappa shape index (κ2) is 5.29. The van der Waals surface area contributed by atoms with Gasteiger partial charge in [0.25, 0.3) is 15.9 Å². The number of hydrogen-bond acceptors (Lipinski definition) is 5. The van der Waals surface area contributed by atoms with E-state index in [1.807, 2.05) is 0 Å². The van der Waals surface area contributed by atoms with Crippen molar-refractivity contribution in [3.8, 4) is 0 Å². The summed E-state index contributed by atoms with van der Waals surface area (Å²) >= 11 is 0. The molecule has 0 aliphatic carbocycles. The van der Waals surface area contributed by atoms with Crippen LogP contribution in [0.15, 0.2) is 45.9 Å². The minimum absolute atomic E-state index is 0.0221. The van der Waals surface area contributed by atoms with Crippen LogP contribution in [0, 0.1) is 0 Å².